The summed E-state index contributed by atoms with van der Waals surface area (Å²) in [7, 11) is -4.41. The molecule has 3 heterocycles. The minimum Gasteiger partial charge on any atom is -0.461 e. The van der Waals surface area contributed by atoms with Gasteiger partial charge in [-0.3, -0.25) is 9.32 Å². The molecular weight excluding hydrogens is 579 g/mol. The van der Waals surface area contributed by atoms with Crippen LogP contribution in [-0.4, -0.2) is 67.3 Å². The Kier molecular flexibility index (Phi) is 9.31. The average molecular weight is 615 g/mol. The van der Waals surface area contributed by atoms with Gasteiger partial charge in [-0.2, -0.15) is 15.4 Å². The Morgan fingerprint density at radius 1 is 1.23 bits per heavy atom. The molecule has 1 aliphatic heterocycles. The van der Waals surface area contributed by atoms with E-state index < -0.39 is 50.3 Å². The van der Waals surface area contributed by atoms with Gasteiger partial charge in [0.2, 0.25) is 5.60 Å². The Balaban J connectivity index is 1.35. The number of hydrogen-bond acceptors (Lipinski definition) is 12. The van der Waals surface area contributed by atoms with Gasteiger partial charge in [0.25, 0.3) is 0 Å². The first-order valence-electron chi connectivity index (χ1n) is 14.2. The van der Waals surface area contributed by atoms with E-state index in [0.717, 1.165) is 38.5 Å². The maximum Gasteiger partial charge on any atom is 0.459 e. The van der Waals surface area contributed by atoms with Gasteiger partial charge in [-0.15, -0.1) is 0 Å². The van der Waals surface area contributed by atoms with Gasteiger partial charge in [0.1, 0.15) is 60.7 Å². The van der Waals surface area contributed by atoms with Crippen LogP contribution < -0.4 is 15.3 Å². The van der Waals surface area contributed by atoms with Crippen LogP contribution in [0.3, 0.4) is 0 Å². The van der Waals surface area contributed by atoms with E-state index in [0.29, 0.717) is 11.2 Å². The van der Waals surface area contributed by atoms with E-state index in [4.69, 9.17) is 24.3 Å². The first kappa shape index (κ1) is 30.9. The summed E-state index contributed by atoms with van der Waals surface area (Å²) in [5.74, 6) is -0.284. The SMILES string of the molecule is C[C@H](NP(=O)(OC[C@@]1(C#N)O[C@@H](c2ccc3c(N)ncnn23)[C@H](O)[C@@H]1O)Oc1ccccc1)C(=O)OC1CCCCCC1. The lowest BCUT2D eigenvalue weighted by Crippen LogP contribution is -2.46. The smallest absolute Gasteiger partial charge is 0.459 e. The van der Waals surface area contributed by atoms with Gasteiger partial charge >= 0.3 is 13.7 Å². The number of nitrogen functional groups attached to an aromatic ring is 1. The largest absolute Gasteiger partial charge is 0.461 e. The van der Waals surface area contributed by atoms with Gasteiger partial charge in [0.05, 0.1) is 5.69 Å². The van der Waals surface area contributed by atoms with Gasteiger partial charge in [0.15, 0.2) is 5.82 Å². The number of hydrogen-bond donors (Lipinski definition) is 4. The molecule has 230 valence electrons. The zero-order chi connectivity index (χ0) is 30.6. The molecular formula is C28H35N6O8P. The predicted octanol–water partition coefficient (Wildman–Crippen LogP) is 2.81. The second-order valence-electron chi connectivity index (χ2n) is 10.8. The lowest BCUT2D eigenvalue weighted by molar-refractivity contribution is -0.151. The summed E-state index contributed by atoms with van der Waals surface area (Å²) in [6.07, 6.45) is 1.99. The maximum absolute atomic E-state index is 14.1. The van der Waals surface area contributed by atoms with E-state index in [1.807, 2.05) is 6.07 Å². The lowest BCUT2D eigenvalue weighted by Gasteiger charge is -2.28. The van der Waals surface area contributed by atoms with Crippen molar-refractivity contribution in [2.24, 2.45) is 0 Å². The molecule has 1 saturated carbocycles. The molecule has 14 nitrogen and oxygen atoms in total. The summed E-state index contributed by atoms with van der Waals surface area (Å²) < 4.78 is 38.4. The summed E-state index contributed by atoms with van der Waals surface area (Å²) in [4.78, 5) is 16.9. The molecule has 1 unspecified atom stereocenters. The van der Waals surface area contributed by atoms with Crippen molar-refractivity contribution in [1.29, 1.82) is 5.26 Å². The minimum atomic E-state index is -4.41. The van der Waals surface area contributed by atoms with E-state index in [1.54, 1.807) is 30.3 Å². The molecule has 5 N–H and O–H groups in total. The van der Waals surface area contributed by atoms with Crippen molar-refractivity contribution < 1.29 is 38.1 Å². The molecule has 2 aliphatic rings. The van der Waals surface area contributed by atoms with Gasteiger partial charge in [-0.05, 0) is 56.9 Å². The number of anilines is 1. The number of aliphatic hydroxyl groups excluding tert-OH is 2. The molecule has 15 heteroatoms. The highest BCUT2D eigenvalue weighted by molar-refractivity contribution is 7.52. The zero-order valence-corrected chi connectivity index (χ0v) is 24.5. The van der Waals surface area contributed by atoms with E-state index in [-0.39, 0.29) is 17.7 Å². The van der Waals surface area contributed by atoms with Crippen molar-refractivity contribution in [3.05, 3.63) is 54.5 Å². The molecule has 2 fully saturated rings. The first-order valence-corrected chi connectivity index (χ1v) is 15.7. The van der Waals surface area contributed by atoms with Gasteiger partial charge in [0, 0.05) is 0 Å². The molecule has 0 bridgehead atoms. The van der Waals surface area contributed by atoms with E-state index >= 15 is 0 Å². The summed E-state index contributed by atoms with van der Waals surface area (Å²) >= 11 is 0. The van der Waals surface area contributed by atoms with Gasteiger partial charge < -0.3 is 29.9 Å². The quantitative estimate of drug-likeness (QED) is 0.148. The van der Waals surface area contributed by atoms with Crippen molar-refractivity contribution in [2.45, 2.75) is 81.5 Å². The third-order valence-electron chi connectivity index (χ3n) is 7.65. The summed E-state index contributed by atoms with van der Waals surface area (Å²) in [5.41, 5.74) is 4.46. The fraction of sp³-hybridized carbons (Fsp3) is 0.500. The number of aromatic nitrogens is 3. The number of aliphatic hydroxyl groups is 2. The molecule has 3 aromatic rings. The van der Waals surface area contributed by atoms with Crippen LogP contribution in [0.2, 0.25) is 0 Å². The number of nitrogens with one attached hydrogen (secondary N) is 1. The van der Waals surface area contributed by atoms with Crippen LogP contribution in [0.15, 0.2) is 48.8 Å². The standard InChI is InChI=1S/C28H35N6O8P/c1-18(27(37)40-19-9-5-2-3-6-10-19)33-43(38,42-20-11-7-4-8-12-20)39-16-28(15-29)25(36)23(35)24(41-28)21-13-14-22-26(30)31-17-32-34(21)22/h4,7-8,11-14,17-19,23-25,35-36H,2-3,5-6,9-10,16H2,1H3,(H,33,38)(H2,30,31,32)/t18-,23-,24-,25-,28+,43?/m0/s1. The fourth-order valence-corrected chi connectivity index (χ4v) is 6.80. The van der Waals surface area contributed by atoms with Gasteiger partial charge in [-0.1, -0.05) is 31.0 Å². The molecule has 1 aliphatic carbocycles. The van der Waals surface area contributed by atoms with Crippen molar-refractivity contribution in [3.8, 4) is 11.8 Å². The average Bonchev–Trinajstić information content (AvgIpc) is 3.41. The normalized spacial score (nSPS) is 26.7. The maximum atomic E-state index is 14.1. The number of benzene rings is 1. The van der Waals surface area contributed by atoms with E-state index in [2.05, 4.69) is 15.2 Å². The lowest BCUT2D eigenvalue weighted by atomic mass is 9.96. The van der Waals surface area contributed by atoms with Crippen LogP contribution >= 0.6 is 7.75 Å². The number of nitrogens with two attached hydrogens (primary N) is 1. The highest BCUT2D eigenvalue weighted by Gasteiger charge is 2.57. The van der Waals surface area contributed by atoms with Crippen molar-refractivity contribution in [2.75, 3.05) is 12.3 Å². The Hall–Kier alpha value is -3.57. The molecule has 1 aromatic carbocycles. The Morgan fingerprint density at radius 2 is 1.95 bits per heavy atom. The number of esters is 1. The third kappa shape index (κ3) is 6.67. The second kappa shape index (κ2) is 13.0. The monoisotopic (exact) mass is 614 g/mol. The molecule has 1 saturated heterocycles. The fourth-order valence-electron chi connectivity index (χ4n) is 5.28. The summed E-state index contributed by atoms with van der Waals surface area (Å²) in [6, 6.07) is 12.1. The number of nitrogens with zero attached hydrogens (tertiary/aromatic N) is 4. The number of ether oxygens (including phenoxy) is 2. The number of rotatable bonds is 10. The molecule has 6 atom stereocenters. The molecule has 0 spiro atoms. The second-order valence-corrected chi connectivity index (χ2v) is 12.4. The molecule has 2 aromatic heterocycles. The highest BCUT2D eigenvalue weighted by Crippen LogP contribution is 2.48. The van der Waals surface area contributed by atoms with Crippen molar-refractivity contribution in [1.82, 2.24) is 19.7 Å². The third-order valence-corrected chi connectivity index (χ3v) is 9.27. The molecule has 5 rings (SSSR count). The van der Waals surface area contributed by atoms with E-state index in [1.165, 1.54) is 29.9 Å². The van der Waals surface area contributed by atoms with Gasteiger partial charge in [-0.25, -0.2) is 14.1 Å². The van der Waals surface area contributed by atoms with E-state index in [9.17, 15) is 24.8 Å². The Morgan fingerprint density at radius 3 is 2.65 bits per heavy atom. The topological polar surface area (TPSA) is 204 Å². The van der Waals surface area contributed by atoms with Crippen molar-refractivity contribution in [3.63, 3.8) is 0 Å². The first-order chi connectivity index (χ1) is 20.6. The van der Waals surface area contributed by atoms with Crippen LogP contribution in [0.5, 0.6) is 5.75 Å². The van der Waals surface area contributed by atoms with Crippen molar-refractivity contribution >= 4 is 25.1 Å². The number of fused-ring (bicyclic) bond motifs is 1. The molecule has 0 radical (unpaired) electrons. The number of carbonyl (C=O) groups excluding carboxylic acids is 1. The van der Waals surface area contributed by atoms with Crippen LogP contribution in [0, 0.1) is 11.3 Å². The Labute approximate surface area is 248 Å². The number of nitriles is 1. The number of para-hydroxylation sites is 1. The predicted molar refractivity (Wildman–Crippen MR) is 152 cm³/mol. The summed E-state index contributed by atoms with van der Waals surface area (Å²) in [5, 5.41) is 38.8. The van der Waals surface area contributed by atoms with Crippen LogP contribution in [-0.2, 0) is 23.4 Å². The molecule has 43 heavy (non-hydrogen) atoms. The molecule has 0 amide bonds. The highest BCUT2D eigenvalue weighted by atomic mass is 31.2. The minimum absolute atomic E-state index is 0.163. The zero-order valence-electron chi connectivity index (χ0n) is 23.6. The Bertz CT molecular complexity index is 1510. The van der Waals surface area contributed by atoms with Crippen LogP contribution in [0.1, 0.15) is 57.2 Å². The number of carbonyl (C=O) groups is 1. The summed E-state index contributed by atoms with van der Waals surface area (Å²) in [6.45, 7) is 0.676. The van der Waals surface area contributed by atoms with Crippen LogP contribution in [0.25, 0.3) is 5.52 Å². The van der Waals surface area contributed by atoms with Crippen LogP contribution in [0.4, 0.5) is 5.82 Å².